The molecule has 0 bridgehead atoms. The molecule has 0 aromatic rings. The maximum atomic E-state index is 11.4. The van der Waals surface area contributed by atoms with Gasteiger partial charge in [-0.05, 0) is 97.8 Å². The summed E-state index contributed by atoms with van der Waals surface area (Å²) in [4.78, 5) is 65.5. The fourth-order valence-corrected chi connectivity index (χ4v) is 11.3. The third kappa shape index (κ3) is 15.0. The Labute approximate surface area is 387 Å². The van der Waals surface area contributed by atoms with Crippen LogP contribution in [0, 0.1) is 35.5 Å². The minimum atomic E-state index is 0. The van der Waals surface area contributed by atoms with Crippen molar-refractivity contribution in [3.63, 3.8) is 0 Å². The molecule has 6 aliphatic heterocycles. The largest absolute Gasteiger partial charge is 0.353 e. The molecule has 6 amide bonds. The summed E-state index contributed by atoms with van der Waals surface area (Å²) in [5.74, 6) is 3.65. The number of amides is 6. The molecule has 6 saturated heterocycles. The van der Waals surface area contributed by atoms with E-state index < -0.39 is 0 Å². The predicted molar refractivity (Wildman–Crippen MR) is 256 cm³/mol. The van der Waals surface area contributed by atoms with Gasteiger partial charge in [0, 0.05) is 35.7 Å². The maximum absolute atomic E-state index is 11.4. The van der Waals surface area contributed by atoms with E-state index in [0.29, 0.717) is 77.5 Å². The second-order valence-electron chi connectivity index (χ2n) is 20.7. The predicted octanol–water partition coefficient (Wildman–Crippen LogP) is 8.47. The average Bonchev–Trinajstić information content (AvgIpc) is 3.22. The Kier molecular flexibility index (Phi) is 22.1. The smallest absolute Gasteiger partial charge is 0.225 e. The summed E-state index contributed by atoms with van der Waals surface area (Å²) in [6.07, 6.45) is 36.5. The molecule has 364 valence electrons. The Balaban J connectivity index is 0.000000170. The zero-order valence-electron chi connectivity index (χ0n) is 39.8. The van der Waals surface area contributed by atoms with E-state index in [4.69, 9.17) is 0 Å². The van der Waals surface area contributed by atoms with Gasteiger partial charge in [0.15, 0.2) is 0 Å². The van der Waals surface area contributed by atoms with E-state index in [1.165, 1.54) is 109 Å². The van der Waals surface area contributed by atoms with Gasteiger partial charge in [-0.1, -0.05) is 123 Å². The van der Waals surface area contributed by atoms with Crippen LogP contribution in [-0.4, -0.2) is 71.2 Å². The third-order valence-electron chi connectivity index (χ3n) is 15.7. The summed E-state index contributed by atoms with van der Waals surface area (Å²) in [6.45, 7) is 10.2. The lowest BCUT2D eigenvalue weighted by Crippen LogP contribution is -2.65. The normalized spacial score (nSPS) is 35.7. The number of allylic oxidation sites excluding steroid dienone is 2. The molecule has 3 saturated carbocycles. The van der Waals surface area contributed by atoms with Gasteiger partial charge < -0.3 is 31.9 Å². The van der Waals surface area contributed by atoms with Crippen LogP contribution in [0.3, 0.4) is 0 Å². The molecule has 10 aliphatic rings. The van der Waals surface area contributed by atoms with Gasteiger partial charge in [-0.3, -0.25) is 28.8 Å². The van der Waals surface area contributed by atoms with Crippen molar-refractivity contribution >= 4 is 35.4 Å². The van der Waals surface area contributed by atoms with Gasteiger partial charge in [0.2, 0.25) is 35.4 Å². The Morgan fingerprint density at radius 2 is 0.781 bits per heavy atom. The first-order valence-corrected chi connectivity index (χ1v) is 25.8. The molecule has 0 aromatic heterocycles. The number of carbonyl (C=O) groups is 6. The molecule has 12 nitrogen and oxygen atoms in total. The fraction of sp³-hybridized carbons (Fsp3) is 0.846. The molecule has 6 N–H and O–H groups in total. The first-order chi connectivity index (χ1) is 30.3. The lowest BCUT2D eigenvalue weighted by atomic mass is 9.77. The van der Waals surface area contributed by atoms with Gasteiger partial charge in [0.25, 0.3) is 0 Å². The molecule has 12 heteroatoms. The SMILES string of the molecule is C.CCC1C(=O)NC1(C)C.CC[C@@H]1C(=O)N[C@H]1C.O=C1N[C@@H]2CC/C=C\CCC12.O=C1N[C@@H]2CCCCC12.O=C1N[C@@H]2CCCCCCC12.O=C1N[C@@H]2CCCCCCCCCCC12. The highest BCUT2D eigenvalue weighted by atomic mass is 16.2. The molecule has 11 atom stereocenters. The summed E-state index contributed by atoms with van der Waals surface area (Å²) in [5, 5.41) is 17.5. The van der Waals surface area contributed by atoms with Gasteiger partial charge in [-0.25, -0.2) is 0 Å². The highest BCUT2D eigenvalue weighted by Gasteiger charge is 2.45. The van der Waals surface area contributed by atoms with Crippen molar-refractivity contribution in [2.45, 2.75) is 245 Å². The first kappa shape index (κ1) is 53.2. The second kappa shape index (κ2) is 26.6. The maximum Gasteiger partial charge on any atom is 0.225 e. The van der Waals surface area contributed by atoms with Crippen LogP contribution in [0.15, 0.2) is 12.2 Å². The van der Waals surface area contributed by atoms with Crippen molar-refractivity contribution in [1.29, 1.82) is 0 Å². The number of rotatable bonds is 2. The van der Waals surface area contributed by atoms with Crippen LogP contribution in [0.2, 0.25) is 0 Å². The Morgan fingerprint density at radius 1 is 0.438 bits per heavy atom. The first-order valence-electron chi connectivity index (χ1n) is 25.8. The Bertz CT molecular complexity index is 1550. The molecule has 6 heterocycles. The minimum absolute atomic E-state index is 0. The number of hydrogen-bond donors (Lipinski definition) is 6. The average molecular weight is 895 g/mol. The lowest BCUT2D eigenvalue weighted by molar-refractivity contribution is -0.140. The number of fused-ring (bicyclic) bond motifs is 4. The van der Waals surface area contributed by atoms with Crippen LogP contribution < -0.4 is 31.9 Å². The summed E-state index contributed by atoms with van der Waals surface area (Å²) >= 11 is 0. The Morgan fingerprint density at radius 3 is 1.09 bits per heavy atom. The van der Waals surface area contributed by atoms with Gasteiger partial charge >= 0.3 is 0 Å². The number of carbonyl (C=O) groups excluding carboxylic acids is 6. The summed E-state index contributed by atoms with van der Waals surface area (Å²) < 4.78 is 0. The molecule has 0 radical (unpaired) electrons. The number of β-lactam (4-membered cyclic amide) rings is 6. The van der Waals surface area contributed by atoms with Crippen LogP contribution in [0.5, 0.6) is 0 Å². The fourth-order valence-electron chi connectivity index (χ4n) is 11.3. The van der Waals surface area contributed by atoms with Gasteiger partial charge in [0.05, 0.1) is 35.5 Å². The van der Waals surface area contributed by atoms with E-state index in [1.807, 2.05) is 20.8 Å². The van der Waals surface area contributed by atoms with E-state index >= 15 is 0 Å². The summed E-state index contributed by atoms with van der Waals surface area (Å²) in [6, 6.07) is 2.55. The molecule has 0 spiro atoms. The van der Waals surface area contributed by atoms with E-state index in [9.17, 15) is 28.8 Å². The van der Waals surface area contributed by atoms with Crippen molar-refractivity contribution < 1.29 is 28.8 Å². The lowest BCUT2D eigenvalue weighted by Gasteiger charge is -2.43. The Hall–Kier alpha value is -3.44. The van der Waals surface area contributed by atoms with Crippen molar-refractivity contribution in [1.82, 2.24) is 31.9 Å². The van der Waals surface area contributed by atoms with Gasteiger partial charge in [0.1, 0.15) is 0 Å². The molecule has 64 heavy (non-hydrogen) atoms. The van der Waals surface area contributed by atoms with Crippen molar-refractivity contribution in [2.24, 2.45) is 35.5 Å². The van der Waals surface area contributed by atoms with E-state index in [1.54, 1.807) is 0 Å². The van der Waals surface area contributed by atoms with E-state index in [-0.39, 0.29) is 36.6 Å². The van der Waals surface area contributed by atoms with Crippen LogP contribution in [0.1, 0.15) is 209 Å². The molecule has 10 rings (SSSR count). The summed E-state index contributed by atoms with van der Waals surface area (Å²) in [5.41, 5.74) is 0.0613. The monoisotopic (exact) mass is 895 g/mol. The summed E-state index contributed by atoms with van der Waals surface area (Å²) in [7, 11) is 0. The van der Waals surface area contributed by atoms with Crippen LogP contribution in [0.25, 0.3) is 0 Å². The molecular formula is C52H90N6O6. The minimum Gasteiger partial charge on any atom is -0.353 e. The van der Waals surface area contributed by atoms with Crippen molar-refractivity contribution in [2.75, 3.05) is 0 Å². The zero-order valence-corrected chi connectivity index (χ0v) is 39.8. The van der Waals surface area contributed by atoms with Crippen LogP contribution in [0.4, 0.5) is 0 Å². The van der Waals surface area contributed by atoms with Gasteiger partial charge in [-0.15, -0.1) is 0 Å². The van der Waals surface area contributed by atoms with Crippen LogP contribution in [-0.2, 0) is 28.8 Å². The molecule has 9 fully saturated rings. The quantitative estimate of drug-likeness (QED) is 0.120. The van der Waals surface area contributed by atoms with E-state index in [2.05, 4.69) is 57.9 Å². The second-order valence-corrected chi connectivity index (χ2v) is 20.7. The number of hydrogen-bond acceptors (Lipinski definition) is 6. The van der Waals surface area contributed by atoms with Crippen molar-refractivity contribution in [3.05, 3.63) is 12.2 Å². The number of nitrogens with one attached hydrogen (secondary N) is 6. The van der Waals surface area contributed by atoms with Gasteiger partial charge in [-0.2, -0.15) is 0 Å². The topological polar surface area (TPSA) is 175 Å². The van der Waals surface area contributed by atoms with Crippen LogP contribution >= 0.6 is 0 Å². The zero-order chi connectivity index (χ0) is 45.4. The molecule has 5 unspecified atom stereocenters. The van der Waals surface area contributed by atoms with E-state index in [0.717, 1.165) is 57.8 Å². The highest BCUT2D eigenvalue weighted by molar-refractivity contribution is 5.88. The standard InChI is InChI=1S/C13H23NO.C9H15NO.C9H13NO.C7H11NO.C7H13NO.C6H11NO.CH4/c15-13-11-9-7-5-3-1-2-4-6-8-10-12(11)14-13;2*11-9-7-5-3-1-2-4-6-8(7)10-9;9-7-5-3-1-2-4-6(5)8-7;1-4-5-6(9)8-7(5,2)3;1-3-5-4(2)7-6(5)8;/h11-12H,1-10H2,(H,14,15);7-8H,1-6H2,(H,10,11);1-2,7-8H,3-6H2,(H,10,11);5-6H,1-4H2,(H,8,9);5H,4H2,1-3H3,(H,8,9);4-5H,3H2,1-2H3,(H,7,8);1H4/b;;2-1-;;;;/t11?,12-;2*7?,8-;5?,6-;;4-,5-;/m1111.0./s1. The highest BCUT2D eigenvalue weighted by Crippen LogP contribution is 2.32. The van der Waals surface area contributed by atoms with Crippen molar-refractivity contribution in [3.8, 4) is 0 Å². The molecule has 0 aromatic carbocycles. The molecular weight excluding hydrogens is 805 g/mol. The molecule has 4 aliphatic carbocycles. The third-order valence-corrected chi connectivity index (χ3v) is 15.7.